The first-order valence-electron chi connectivity index (χ1n) is 5.80. The predicted octanol–water partition coefficient (Wildman–Crippen LogP) is 1.07. The molecule has 0 aliphatic carbocycles. The lowest BCUT2D eigenvalue weighted by Crippen LogP contribution is -2.28. The molecule has 0 radical (unpaired) electrons. The predicted molar refractivity (Wildman–Crippen MR) is 77.2 cm³/mol. The van der Waals surface area contributed by atoms with Crippen molar-refractivity contribution in [2.24, 2.45) is 5.73 Å². The summed E-state index contributed by atoms with van der Waals surface area (Å²) in [5.41, 5.74) is 6.27. The fourth-order valence-corrected chi connectivity index (χ4v) is 3.88. The average molecular weight is 360 g/mol. The van der Waals surface area contributed by atoms with Crippen molar-refractivity contribution < 1.29 is 8.42 Å². The molecule has 7 nitrogen and oxygen atoms in total. The molecular formula is C11H14BrN5O2S. The van der Waals surface area contributed by atoms with Gasteiger partial charge in [-0.2, -0.15) is 5.10 Å². The minimum absolute atomic E-state index is 0.145. The van der Waals surface area contributed by atoms with Crippen LogP contribution in [0.25, 0.3) is 0 Å². The number of nitrogens with zero attached hydrogens (tertiary/aromatic N) is 2. The molecule has 1 heterocycles. The number of aromatic amines is 1. The second-order valence-corrected chi connectivity index (χ2v) is 6.72. The molecule has 0 aliphatic rings. The van der Waals surface area contributed by atoms with Gasteiger partial charge in [0.05, 0.1) is 10.9 Å². The Kier molecular flexibility index (Phi) is 4.53. The van der Waals surface area contributed by atoms with Gasteiger partial charge in [0.15, 0.2) is 0 Å². The molecule has 0 aliphatic heterocycles. The molecule has 0 amide bonds. The Morgan fingerprint density at radius 2 is 2.25 bits per heavy atom. The van der Waals surface area contributed by atoms with Gasteiger partial charge in [-0.15, -0.1) is 0 Å². The van der Waals surface area contributed by atoms with Crippen LogP contribution in [0.4, 0.5) is 0 Å². The normalized spacial score (nSPS) is 13.3. The van der Waals surface area contributed by atoms with Crippen molar-refractivity contribution in [1.82, 2.24) is 19.9 Å². The fraction of sp³-hybridized carbons (Fsp3) is 0.273. The number of nitrogens with one attached hydrogen (secondary N) is 2. The van der Waals surface area contributed by atoms with Crippen LogP contribution in [0.3, 0.4) is 0 Å². The number of halogens is 1. The quantitative estimate of drug-likeness (QED) is 0.738. The lowest BCUT2D eigenvalue weighted by atomic mass is 10.2. The van der Waals surface area contributed by atoms with Gasteiger partial charge in [-0.05, 0) is 40.5 Å². The number of rotatable bonds is 5. The minimum Gasteiger partial charge on any atom is -0.326 e. The van der Waals surface area contributed by atoms with Crippen molar-refractivity contribution in [2.45, 2.75) is 24.4 Å². The van der Waals surface area contributed by atoms with Crippen LogP contribution in [0.15, 0.2) is 33.9 Å². The van der Waals surface area contributed by atoms with Crippen molar-refractivity contribution in [1.29, 1.82) is 0 Å². The van der Waals surface area contributed by atoms with E-state index in [9.17, 15) is 8.42 Å². The van der Waals surface area contributed by atoms with Crippen molar-refractivity contribution in [3.63, 3.8) is 0 Å². The molecule has 0 spiro atoms. The van der Waals surface area contributed by atoms with Crippen LogP contribution >= 0.6 is 15.9 Å². The smallest absolute Gasteiger partial charge is 0.242 e. The van der Waals surface area contributed by atoms with Crippen molar-refractivity contribution >= 4 is 26.0 Å². The lowest BCUT2D eigenvalue weighted by molar-refractivity contribution is 0.559. The third kappa shape index (κ3) is 3.23. The Morgan fingerprint density at radius 3 is 2.85 bits per heavy atom. The Hall–Kier alpha value is -1.29. The zero-order valence-electron chi connectivity index (χ0n) is 10.7. The molecule has 2 aromatic rings. The molecule has 108 valence electrons. The van der Waals surface area contributed by atoms with Gasteiger partial charge >= 0.3 is 0 Å². The van der Waals surface area contributed by atoms with Gasteiger partial charge in [0, 0.05) is 11.0 Å². The molecule has 0 saturated heterocycles. The summed E-state index contributed by atoms with van der Waals surface area (Å²) in [6, 6.07) is 4.45. The average Bonchev–Trinajstić information content (AvgIpc) is 2.92. The maximum atomic E-state index is 12.4. The highest BCUT2D eigenvalue weighted by Crippen LogP contribution is 2.24. The number of aromatic nitrogens is 3. The van der Waals surface area contributed by atoms with E-state index in [-0.39, 0.29) is 11.4 Å². The number of sulfonamides is 1. The van der Waals surface area contributed by atoms with E-state index >= 15 is 0 Å². The third-order valence-corrected chi connectivity index (χ3v) is 5.23. The number of H-pyrrole nitrogens is 1. The Bertz CT molecular complexity index is 687. The highest BCUT2D eigenvalue weighted by molar-refractivity contribution is 9.10. The van der Waals surface area contributed by atoms with Gasteiger partial charge < -0.3 is 5.73 Å². The summed E-state index contributed by atoms with van der Waals surface area (Å²) < 4.78 is 27.8. The first kappa shape index (κ1) is 15.1. The van der Waals surface area contributed by atoms with E-state index in [2.05, 4.69) is 35.8 Å². The summed E-state index contributed by atoms with van der Waals surface area (Å²) in [4.78, 5) is 4.07. The van der Waals surface area contributed by atoms with Crippen molar-refractivity contribution in [3.05, 3.63) is 40.4 Å². The van der Waals surface area contributed by atoms with Gasteiger partial charge in [0.1, 0.15) is 12.2 Å². The zero-order valence-corrected chi connectivity index (χ0v) is 13.1. The summed E-state index contributed by atoms with van der Waals surface area (Å²) in [6.07, 6.45) is 1.32. The molecule has 1 aromatic heterocycles. The molecule has 1 aromatic carbocycles. The summed E-state index contributed by atoms with van der Waals surface area (Å²) in [7, 11) is -3.69. The molecule has 0 saturated carbocycles. The molecule has 4 N–H and O–H groups in total. The van der Waals surface area contributed by atoms with Gasteiger partial charge in [0.2, 0.25) is 10.0 Å². The second-order valence-electron chi connectivity index (χ2n) is 4.18. The highest BCUT2D eigenvalue weighted by atomic mass is 79.9. The number of hydrogen-bond acceptors (Lipinski definition) is 5. The maximum Gasteiger partial charge on any atom is 0.242 e. The number of benzene rings is 1. The van der Waals surface area contributed by atoms with Crippen molar-refractivity contribution in [3.8, 4) is 0 Å². The number of nitrogens with two attached hydrogens (primary N) is 1. The molecule has 0 fully saturated rings. The lowest BCUT2D eigenvalue weighted by Gasteiger charge is -2.13. The summed E-state index contributed by atoms with van der Waals surface area (Å²) in [6.45, 7) is 1.95. The maximum absolute atomic E-state index is 12.4. The van der Waals surface area contributed by atoms with Crippen LogP contribution < -0.4 is 10.5 Å². The van der Waals surface area contributed by atoms with Gasteiger partial charge in [-0.3, -0.25) is 5.10 Å². The van der Waals surface area contributed by atoms with Gasteiger partial charge in [-0.25, -0.2) is 18.1 Å². The third-order valence-electron chi connectivity index (χ3n) is 2.70. The van der Waals surface area contributed by atoms with Crippen LogP contribution in [-0.2, 0) is 16.6 Å². The molecule has 1 unspecified atom stereocenters. The highest BCUT2D eigenvalue weighted by Gasteiger charge is 2.22. The molecule has 1 atom stereocenters. The molecule has 2 rings (SSSR count). The van der Waals surface area contributed by atoms with Gasteiger partial charge in [-0.1, -0.05) is 6.07 Å². The van der Waals surface area contributed by atoms with Crippen LogP contribution in [-0.4, -0.2) is 23.6 Å². The van der Waals surface area contributed by atoms with Crippen LogP contribution in [0.5, 0.6) is 0 Å². The monoisotopic (exact) mass is 359 g/mol. The molecule has 20 heavy (non-hydrogen) atoms. The van der Waals surface area contributed by atoms with E-state index in [0.717, 1.165) is 5.56 Å². The molecular weight excluding hydrogens is 346 g/mol. The summed E-state index contributed by atoms with van der Waals surface area (Å²) in [5.74, 6) is 0.444. The van der Waals surface area contributed by atoms with Crippen LogP contribution in [0.1, 0.15) is 24.4 Å². The standard InChI is InChI=1S/C11H14BrN5O2S/c1-7(11-14-6-15-16-11)17-20(18,19)10-4-8(5-13)2-3-9(10)12/h2-4,6-7,17H,5,13H2,1H3,(H,14,15,16). The Labute approximate surface area is 125 Å². The zero-order chi connectivity index (χ0) is 14.8. The minimum atomic E-state index is -3.69. The van der Waals surface area contributed by atoms with E-state index in [4.69, 9.17) is 5.73 Å². The SMILES string of the molecule is CC(NS(=O)(=O)c1cc(CN)ccc1Br)c1ncn[nH]1. The first-order chi connectivity index (χ1) is 9.44. The van der Waals surface area contributed by atoms with Crippen molar-refractivity contribution in [2.75, 3.05) is 0 Å². The Balaban J connectivity index is 2.31. The summed E-state index contributed by atoms with van der Waals surface area (Å²) >= 11 is 3.24. The fourth-order valence-electron chi connectivity index (χ4n) is 1.66. The van der Waals surface area contributed by atoms with E-state index in [1.807, 2.05) is 0 Å². The van der Waals surface area contributed by atoms with Gasteiger partial charge in [0.25, 0.3) is 0 Å². The van der Waals surface area contributed by atoms with E-state index in [0.29, 0.717) is 10.3 Å². The van der Waals surface area contributed by atoms with E-state index in [1.165, 1.54) is 6.33 Å². The second kappa shape index (κ2) is 6.00. The van der Waals surface area contributed by atoms with E-state index in [1.54, 1.807) is 25.1 Å². The summed E-state index contributed by atoms with van der Waals surface area (Å²) in [5, 5.41) is 6.32. The number of hydrogen-bond donors (Lipinski definition) is 3. The first-order valence-corrected chi connectivity index (χ1v) is 8.07. The topological polar surface area (TPSA) is 114 Å². The Morgan fingerprint density at radius 1 is 1.50 bits per heavy atom. The molecule has 9 heteroatoms. The van der Waals surface area contributed by atoms with Crippen LogP contribution in [0.2, 0.25) is 0 Å². The largest absolute Gasteiger partial charge is 0.326 e. The molecule has 0 bridgehead atoms. The van der Waals surface area contributed by atoms with E-state index < -0.39 is 16.1 Å². The van der Waals surface area contributed by atoms with Crippen LogP contribution in [0, 0.1) is 0 Å².